The molecule has 0 heterocycles. The summed E-state index contributed by atoms with van der Waals surface area (Å²) in [5.41, 5.74) is 0. The van der Waals surface area contributed by atoms with Crippen LogP contribution >= 0.6 is 12.4 Å². The van der Waals surface area contributed by atoms with Gasteiger partial charge < -0.3 is 10.2 Å². The van der Waals surface area contributed by atoms with E-state index in [1.165, 1.54) is 6.54 Å². The van der Waals surface area contributed by atoms with Crippen LogP contribution in [0.4, 0.5) is 0 Å². The van der Waals surface area contributed by atoms with Gasteiger partial charge in [0.15, 0.2) is 0 Å². The monoisotopic (exact) mass is 166 g/mol. The second-order valence-corrected chi connectivity index (χ2v) is 2.13. The number of hydrogen-bond donors (Lipinski definition) is 1. The molecule has 0 aromatic heterocycles. The van der Waals surface area contributed by atoms with Gasteiger partial charge >= 0.3 is 0 Å². The van der Waals surface area contributed by atoms with Gasteiger partial charge in [0.25, 0.3) is 0 Å². The highest BCUT2D eigenvalue weighted by molar-refractivity contribution is 5.85. The molecule has 10 heavy (non-hydrogen) atoms. The third-order valence-corrected chi connectivity index (χ3v) is 1.57. The van der Waals surface area contributed by atoms with Crippen molar-refractivity contribution in [3.63, 3.8) is 0 Å². The number of nitrogens with one attached hydrogen (secondary N) is 1. The van der Waals surface area contributed by atoms with Gasteiger partial charge in [0.1, 0.15) is 0 Å². The van der Waals surface area contributed by atoms with Crippen molar-refractivity contribution in [2.45, 2.75) is 13.8 Å². The summed E-state index contributed by atoms with van der Waals surface area (Å²) in [5, 5.41) is 3.13. The second-order valence-electron chi connectivity index (χ2n) is 2.13. The Labute approximate surface area is 70.4 Å². The van der Waals surface area contributed by atoms with Crippen LogP contribution in [0.3, 0.4) is 0 Å². The van der Waals surface area contributed by atoms with Crippen molar-refractivity contribution in [3.05, 3.63) is 0 Å². The van der Waals surface area contributed by atoms with E-state index < -0.39 is 0 Å². The van der Waals surface area contributed by atoms with Gasteiger partial charge in [-0.2, -0.15) is 0 Å². The lowest BCUT2D eigenvalue weighted by atomic mass is 10.5. The Morgan fingerprint density at radius 3 is 2.00 bits per heavy atom. The van der Waals surface area contributed by atoms with E-state index in [-0.39, 0.29) is 12.4 Å². The predicted molar refractivity (Wildman–Crippen MR) is 49.0 cm³/mol. The molecular weight excluding hydrogens is 148 g/mol. The molecule has 0 fully saturated rings. The van der Waals surface area contributed by atoms with E-state index in [1.807, 2.05) is 7.05 Å². The lowest BCUT2D eigenvalue weighted by Gasteiger charge is -2.16. The molecular formula is C7H19ClN2. The minimum atomic E-state index is 0. The average Bonchev–Trinajstić information content (AvgIpc) is 1.91. The normalized spacial score (nSPS) is 9.60. The van der Waals surface area contributed by atoms with Gasteiger partial charge in [-0.25, -0.2) is 0 Å². The molecule has 0 aliphatic heterocycles. The first-order chi connectivity index (χ1) is 4.35. The van der Waals surface area contributed by atoms with Crippen LogP contribution in [0.1, 0.15) is 13.8 Å². The van der Waals surface area contributed by atoms with Crippen molar-refractivity contribution in [1.82, 2.24) is 10.2 Å². The third-order valence-electron chi connectivity index (χ3n) is 1.57. The highest BCUT2D eigenvalue weighted by atomic mass is 35.5. The summed E-state index contributed by atoms with van der Waals surface area (Å²) in [6.45, 7) is 8.99. The molecule has 0 saturated carbocycles. The van der Waals surface area contributed by atoms with Crippen molar-refractivity contribution in [3.8, 4) is 0 Å². The number of nitrogens with zero attached hydrogens (tertiary/aromatic N) is 1. The molecule has 64 valence electrons. The maximum Gasteiger partial charge on any atom is 0.0106 e. The first-order valence-corrected chi connectivity index (χ1v) is 3.72. The Bertz CT molecular complexity index is 55.6. The summed E-state index contributed by atoms with van der Waals surface area (Å²) in [5.74, 6) is 0. The fraction of sp³-hybridized carbons (Fsp3) is 1.00. The summed E-state index contributed by atoms with van der Waals surface area (Å²) >= 11 is 0. The van der Waals surface area contributed by atoms with Crippen molar-refractivity contribution < 1.29 is 0 Å². The number of hydrogen-bond acceptors (Lipinski definition) is 2. The topological polar surface area (TPSA) is 15.3 Å². The number of halogens is 1. The van der Waals surface area contributed by atoms with E-state index in [2.05, 4.69) is 24.1 Å². The number of likely N-dealkylation sites (N-methyl/N-ethyl adjacent to an activating group) is 2. The Morgan fingerprint density at radius 1 is 1.20 bits per heavy atom. The van der Waals surface area contributed by atoms with Gasteiger partial charge in [0.05, 0.1) is 0 Å². The first kappa shape index (κ1) is 12.8. The molecule has 0 aliphatic rings. The Kier molecular flexibility index (Phi) is 11.8. The molecule has 0 saturated heterocycles. The Morgan fingerprint density at radius 2 is 1.70 bits per heavy atom. The van der Waals surface area contributed by atoms with Gasteiger partial charge in [0, 0.05) is 13.1 Å². The van der Waals surface area contributed by atoms with E-state index in [0.29, 0.717) is 0 Å². The average molecular weight is 167 g/mol. The van der Waals surface area contributed by atoms with Gasteiger partial charge in [-0.1, -0.05) is 13.8 Å². The van der Waals surface area contributed by atoms with Crippen molar-refractivity contribution in [1.29, 1.82) is 0 Å². The molecule has 3 heteroatoms. The van der Waals surface area contributed by atoms with E-state index in [9.17, 15) is 0 Å². The first-order valence-electron chi connectivity index (χ1n) is 3.72. The van der Waals surface area contributed by atoms with Crippen molar-refractivity contribution in [2.75, 3.05) is 33.2 Å². The summed E-state index contributed by atoms with van der Waals surface area (Å²) in [6.07, 6.45) is 0. The van der Waals surface area contributed by atoms with Crippen LogP contribution in [-0.2, 0) is 0 Å². The Hall–Kier alpha value is 0.210. The summed E-state index contributed by atoms with van der Waals surface area (Å²) in [4.78, 5) is 2.40. The zero-order valence-electron chi connectivity index (χ0n) is 7.18. The molecule has 0 spiro atoms. The quantitative estimate of drug-likeness (QED) is 0.655. The van der Waals surface area contributed by atoms with E-state index in [1.54, 1.807) is 0 Å². The lowest BCUT2D eigenvalue weighted by molar-refractivity contribution is 0.305. The standard InChI is InChI=1S/C7H18N2.ClH/c1-4-9(5-2)7-6-8-3;/h8H,4-7H2,1-3H3;1H. The van der Waals surface area contributed by atoms with Crippen LogP contribution in [0, 0.1) is 0 Å². The van der Waals surface area contributed by atoms with Gasteiger partial charge in [-0.3, -0.25) is 0 Å². The molecule has 0 aromatic rings. The third kappa shape index (κ3) is 6.33. The maximum atomic E-state index is 3.13. The molecule has 2 nitrogen and oxygen atoms in total. The minimum Gasteiger partial charge on any atom is -0.318 e. The van der Waals surface area contributed by atoms with Gasteiger partial charge in [-0.15, -0.1) is 12.4 Å². The molecule has 0 rings (SSSR count). The minimum absolute atomic E-state index is 0. The Balaban J connectivity index is 0. The maximum absolute atomic E-state index is 3.13. The second kappa shape index (κ2) is 9.21. The zero-order chi connectivity index (χ0) is 7.11. The molecule has 0 amide bonds. The van der Waals surface area contributed by atoms with E-state index >= 15 is 0 Å². The highest BCUT2D eigenvalue weighted by Gasteiger charge is 1.94. The summed E-state index contributed by atoms with van der Waals surface area (Å²) in [6, 6.07) is 0. The molecule has 1 N–H and O–H groups in total. The molecule has 0 radical (unpaired) electrons. The summed E-state index contributed by atoms with van der Waals surface area (Å²) in [7, 11) is 1.99. The summed E-state index contributed by atoms with van der Waals surface area (Å²) < 4.78 is 0. The van der Waals surface area contributed by atoms with Crippen molar-refractivity contribution in [2.24, 2.45) is 0 Å². The largest absolute Gasteiger partial charge is 0.318 e. The predicted octanol–water partition coefficient (Wildman–Crippen LogP) is 0.969. The molecule has 0 bridgehead atoms. The van der Waals surface area contributed by atoms with Crippen LogP contribution in [0.15, 0.2) is 0 Å². The van der Waals surface area contributed by atoms with Crippen LogP contribution in [0.25, 0.3) is 0 Å². The van der Waals surface area contributed by atoms with E-state index in [4.69, 9.17) is 0 Å². The van der Waals surface area contributed by atoms with Crippen LogP contribution < -0.4 is 5.32 Å². The SMILES string of the molecule is CCN(CC)CCNC.Cl. The zero-order valence-corrected chi connectivity index (χ0v) is 8.00. The van der Waals surface area contributed by atoms with Crippen molar-refractivity contribution >= 4 is 12.4 Å². The van der Waals surface area contributed by atoms with Crippen LogP contribution in [0.5, 0.6) is 0 Å². The van der Waals surface area contributed by atoms with Gasteiger partial charge in [-0.05, 0) is 20.1 Å². The highest BCUT2D eigenvalue weighted by Crippen LogP contribution is 1.82. The van der Waals surface area contributed by atoms with E-state index in [0.717, 1.165) is 19.6 Å². The molecule has 0 aromatic carbocycles. The molecule has 0 atom stereocenters. The number of rotatable bonds is 5. The lowest BCUT2D eigenvalue weighted by Crippen LogP contribution is -2.30. The smallest absolute Gasteiger partial charge is 0.0106 e. The molecule has 0 unspecified atom stereocenters. The fourth-order valence-corrected chi connectivity index (χ4v) is 0.810. The van der Waals surface area contributed by atoms with Crippen LogP contribution in [-0.4, -0.2) is 38.1 Å². The van der Waals surface area contributed by atoms with Gasteiger partial charge in [0.2, 0.25) is 0 Å². The molecule has 0 aliphatic carbocycles. The fourth-order valence-electron chi connectivity index (χ4n) is 0.810. The van der Waals surface area contributed by atoms with Crippen LogP contribution in [0.2, 0.25) is 0 Å².